The second-order valence-electron chi connectivity index (χ2n) is 3.71. The molecule has 0 saturated carbocycles. The lowest BCUT2D eigenvalue weighted by Gasteiger charge is -2.13. The van der Waals surface area contributed by atoms with Gasteiger partial charge in [-0.15, -0.1) is 24.5 Å². The predicted molar refractivity (Wildman–Crippen MR) is 74.2 cm³/mol. The van der Waals surface area contributed by atoms with Crippen LogP contribution in [-0.4, -0.2) is 11.5 Å². The zero-order valence-corrected chi connectivity index (χ0v) is 12.3. The molecule has 0 aliphatic carbocycles. The van der Waals surface area contributed by atoms with Crippen LogP contribution in [0.15, 0.2) is 35.7 Å². The molecule has 1 unspecified atom stereocenters. The minimum atomic E-state index is -4.73. The van der Waals surface area contributed by atoms with Crippen LogP contribution in [-0.2, 0) is 0 Å². The number of alkyl halides is 3. The molecule has 1 atom stereocenters. The van der Waals surface area contributed by atoms with Crippen LogP contribution in [0.1, 0.15) is 17.2 Å². The van der Waals surface area contributed by atoms with Crippen molar-refractivity contribution < 1.29 is 23.0 Å². The van der Waals surface area contributed by atoms with Gasteiger partial charge >= 0.3 is 6.36 Å². The van der Waals surface area contributed by atoms with Gasteiger partial charge in [0.05, 0.1) is 2.88 Å². The van der Waals surface area contributed by atoms with Crippen molar-refractivity contribution in [1.82, 2.24) is 0 Å². The van der Waals surface area contributed by atoms with Crippen molar-refractivity contribution >= 4 is 33.9 Å². The molecule has 1 N–H and O–H groups in total. The van der Waals surface area contributed by atoms with Crippen LogP contribution < -0.4 is 4.74 Å². The van der Waals surface area contributed by atoms with Crippen LogP contribution in [0.25, 0.3) is 0 Å². The number of aliphatic hydroxyl groups is 1. The lowest BCUT2D eigenvalue weighted by Crippen LogP contribution is -2.17. The van der Waals surface area contributed by atoms with E-state index < -0.39 is 12.5 Å². The summed E-state index contributed by atoms with van der Waals surface area (Å²) in [6, 6.07) is 7.13. The zero-order valence-electron chi connectivity index (χ0n) is 9.32. The van der Waals surface area contributed by atoms with Gasteiger partial charge in [0.15, 0.2) is 0 Å². The average Bonchev–Trinajstić information content (AvgIpc) is 2.73. The Hall–Kier alpha value is -0.800. The molecule has 0 aliphatic heterocycles. The van der Waals surface area contributed by atoms with Crippen LogP contribution in [0, 0.1) is 2.88 Å². The molecule has 0 bridgehead atoms. The average molecular weight is 400 g/mol. The Morgan fingerprint density at radius 3 is 2.53 bits per heavy atom. The van der Waals surface area contributed by atoms with Crippen molar-refractivity contribution in [3.63, 3.8) is 0 Å². The van der Waals surface area contributed by atoms with Gasteiger partial charge in [-0.25, -0.2) is 0 Å². The molecular formula is C12H8F3IO2S. The largest absolute Gasteiger partial charge is 0.573 e. The van der Waals surface area contributed by atoms with Crippen LogP contribution >= 0.6 is 33.9 Å². The molecule has 2 rings (SSSR count). The van der Waals surface area contributed by atoms with Crippen LogP contribution in [0.2, 0.25) is 0 Å². The van der Waals surface area contributed by atoms with E-state index in [2.05, 4.69) is 27.3 Å². The number of benzene rings is 1. The summed E-state index contributed by atoms with van der Waals surface area (Å²) in [6.07, 6.45) is -5.70. The van der Waals surface area contributed by atoms with Crippen LogP contribution in [0.4, 0.5) is 13.2 Å². The van der Waals surface area contributed by atoms with E-state index >= 15 is 0 Å². The number of hydrogen-bond acceptors (Lipinski definition) is 3. The summed E-state index contributed by atoms with van der Waals surface area (Å²) < 4.78 is 41.2. The highest BCUT2D eigenvalue weighted by Crippen LogP contribution is 2.30. The van der Waals surface area contributed by atoms with Crippen molar-refractivity contribution in [2.75, 3.05) is 0 Å². The molecule has 19 heavy (non-hydrogen) atoms. The fraction of sp³-hybridized carbons (Fsp3) is 0.167. The second kappa shape index (κ2) is 5.68. The van der Waals surface area contributed by atoms with Crippen LogP contribution in [0.5, 0.6) is 5.75 Å². The van der Waals surface area contributed by atoms with Crippen molar-refractivity contribution in [1.29, 1.82) is 0 Å². The van der Waals surface area contributed by atoms with E-state index in [1.165, 1.54) is 29.5 Å². The summed E-state index contributed by atoms with van der Waals surface area (Å²) in [4.78, 5) is 0. The first-order valence-corrected chi connectivity index (χ1v) is 7.09. The van der Waals surface area contributed by atoms with E-state index in [1.54, 1.807) is 17.5 Å². The normalized spacial score (nSPS) is 13.3. The topological polar surface area (TPSA) is 29.5 Å². The van der Waals surface area contributed by atoms with Crippen LogP contribution in [0.3, 0.4) is 0 Å². The van der Waals surface area contributed by atoms with E-state index in [4.69, 9.17) is 0 Å². The Labute approximate surface area is 125 Å². The van der Waals surface area contributed by atoms with Gasteiger partial charge in [-0.1, -0.05) is 12.1 Å². The molecule has 1 aromatic heterocycles. The first kappa shape index (κ1) is 14.6. The smallest absolute Gasteiger partial charge is 0.406 e. The van der Waals surface area contributed by atoms with Gasteiger partial charge in [0.1, 0.15) is 11.9 Å². The molecule has 0 saturated heterocycles. The summed E-state index contributed by atoms with van der Waals surface area (Å²) >= 11 is 3.57. The zero-order chi connectivity index (χ0) is 14.0. The summed E-state index contributed by atoms with van der Waals surface area (Å²) in [6.45, 7) is 0. The highest BCUT2D eigenvalue weighted by atomic mass is 127. The van der Waals surface area contributed by atoms with Crippen molar-refractivity contribution in [2.45, 2.75) is 12.5 Å². The van der Waals surface area contributed by atoms with E-state index in [1.807, 2.05) is 0 Å². The van der Waals surface area contributed by atoms with Gasteiger partial charge in [0.25, 0.3) is 0 Å². The number of hydrogen-bond donors (Lipinski definition) is 1. The van der Waals surface area contributed by atoms with Gasteiger partial charge in [0.2, 0.25) is 0 Å². The molecule has 102 valence electrons. The van der Waals surface area contributed by atoms with E-state index in [-0.39, 0.29) is 5.75 Å². The number of thiophene rings is 1. The summed E-state index contributed by atoms with van der Waals surface area (Å²) in [7, 11) is 0. The maximum atomic E-state index is 12.1. The summed E-state index contributed by atoms with van der Waals surface area (Å²) in [5, 5.41) is 11.9. The standard InChI is InChI=1S/C12H8F3IO2S/c13-12(14,15)18-9-3-1-2-7(4-9)11(17)8-5-10(16)19-6-8/h1-6,11,17H. The molecule has 2 aromatic rings. The van der Waals surface area contributed by atoms with Gasteiger partial charge in [-0.05, 0) is 57.3 Å². The molecule has 2 nitrogen and oxygen atoms in total. The lowest BCUT2D eigenvalue weighted by atomic mass is 10.0. The first-order valence-electron chi connectivity index (χ1n) is 5.13. The highest BCUT2D eigenvalue weighted by molar-refractivity contribution is 14.1. The molecule has 7 heteroatoms. The van der Waals surface area contributed by atoms with E-state index in [0.29, 0.717) is 11.1 Å². The third kappa shape index (κ3) is 4.08. The Bertz CT molecular complexity index is 568. The van der Waals surface area contributed by atoms with Gasteiger partial charge in [-0.3, -0.25) is 0 Å². The number of ether oxygens (including phenoxy) is 1. The summed E-state index contributed by atoms with van der Waals surface area (Å²) in [5.41, 5.74) is 1.01. The summed E-state index contributed by atoms with van der Waals surface area (Å²) in [5.74, 6) is -0.339. The Kier molecular flexibility index (Phi) is 4.36. The number of aliphatic hydroxyl groups excluding tert-OH is 1. The molecule has 1 heterocycles. The maximum Gasteiger partial charge on any atom is 0.573 e. The molecule has 0 amide bonds. The Morgan fingerprint density at radius 1 is 1.21 bits per heavy atom. The maximum absolute atomic E-state index is 12.1. The van der Waals surface area contributed by atoms with Crippen molar-refractivity contribution in [3.05, 3.63) is 49.7 Å². The van der Waals surface area contributed by atoms with Crippen molar-refractivity contribution in [2.24, 2.45) is 0 Å². The van der Waals surface area contributed by atoms with E-state index in [0.717, 1.165) is 2.88 Å². The Balaban J connectivity index is 2.23. The fourth-order valence-corrected chi connectivity index (χ4v) is 2.93. The molecule has 0 spiro atoms. The highest BCUT2D eigenvalue weighted by Gasteiger charge is 2.31. The van der Waals surface area contributed by atoms with Gasteiger partial charge < -0.3 is 9.84 Å². The fourth-order valence-electron chi connectivity index (χ4n) is 1.54. The molecule has 0 radical (unpaired) electrons. The van der Waals surface area contributed by atoms with Gasteiger partial charge in [0, 0.05) is 0 Å². The lowest BCUT2D eigenvalue weighted by molar-refractivity contribution is -0.274. The molecule has 0 fully saturated rings. The molecule has 0 aliphatic rings. The monoisotopic (exact) mass is 400 g/mol. The van der Waals surface area contributed by atoms with E-state index in [9.17, 15) is 18.3 Å². The van der Waals surface area contributed by atoms with Gasteiger partial charge in [-0.2, -0.15) is 0 Å². The van der Waals surface area contributed by atoms with Crippen molar-refractivity contribution in [3.8, 4) is 5.75 Å². The third-order valence-electron chi connectivity index (χ3n) is 2.31. The SMILES string of the molecule is OC(c1cccc(OC(F)(F)F)c1)c1csc(I)c1. The predicted octanol–water partition coefficient (Wildman–Crippen LogP) is 4.33. The minimum absolute atomic E-state index is 0.339. The quantitative estimate of drug-likeness (QED) is 0.778. The second-order valence-corrected chi connectivity index (χ2v) is 6.51. The Morgan fingerprint density at radius 2 is 1.95 bits per heavy atom. The minimum Gasteiger partial charge on any atom is -0.406 e. The molecular weight excluding hydrogens is 392 g/mol. The number of rotatable bonds is 3. The molecule has 1 aromatic carbocycles. The first-order chi connectivity index (χ1) is 8.85. The number of halogens is 4. The third-order valence-corrected chi connectivity index (χ3v) is 4.12.